The molecule has 0 amide bonds. The molecule has 1 saturated carbocycles. The maximum absolute atomic E-state index is 14.8. The third kappa shape index (κ3) is 4.68. The van der Waals surface area contributed by atoms with Gasteiger partial charge in [-0.3, -0.25) is 9.78 Å². The molecule has 11 heteroatoms. The summed E-state index contributed by atoms with van der Waals surface area (Å²) in [6, 6.07) is 8.81. The minimum atomic E-state index is -4.44. The van der Waals surface area contributed by atoms with Crippen molar-refractivity contribution in [2.24, 2.45) is 0 Å². The second-order valence-electron chi connectivity index (χ2n) is 8.91. The molecule has 1 fully saturated rings. The predicted octanol–water partition coefficient (Wildman–Crippen LogP) is 5.60. The van der Waals surface area contributed by atoms with E-state index in [4.69, 9.17) is 14.6 Å². The third-order valence-electron chi connectivity index (χ3n) is 6.41. The van der Waals surface area contributed by atoms with Crippen LogP contribution in [0.15, 0.2) is 53.3 Å². The summed E-state index contributed by atoms with van der Waals surface area (Å²) in [5.41, 5.74) is -0.265. The van der Waals surface area contributed by atoms with Crippen LogP contribution in [0.3, 0.4) is 0 Å². The number of furan rings is 1. The zero-order valence-corrected chi connectivity index (χ0v) is 19.5. The first-order chi connectivity index (χ1) is 17.6. The lowest BCUT2D eigenvalue weighted by molar-refractivity contribution is -0.164. The third-order valence-corrected chi connectivity index (χ3v) is 6.41. The fourth-order valence-corrected chi connectivity index (χ4v) is 4.10. The molecule has 7 nitrogen and oxygen atoms in total. The van der Waals surface area contributed by atoms with Gasteiger partial charge >= 0.3 is 6.18 Å². The molecule has 1 aliphatic carbocycles. The normalized spacial score (nSPS) is 14.5. The number of alkyl halides is 3. The lowest BCUT2D eigenvalue weighted by atomic mass is 9.98. The Balaban J connectivity index is 1.26. The van der Waals surface area contributed by atoms with Gasteiger partial charge in [-0.05, 0) is 36.6 Å². The average molecular weight is 512 g/mol. The lowest BCUT2D eigenvalue weighted by Gasteiger charge is -2.15. The fourth-order valence-electron chi connectivity index (χ4n) is 4.10. The van der Waals surface area contributed by atoms with Crippen molar-refractivity contribution in [3.63, 3.8) is 0 Å². The van der Waals surface area contributed by atoms with Crippen LogP contribution in [0, 0.1) is 11.2 Å². The van der Waals surface area contributed by atoms with Crippen LogP contribution in [0.4, 0.5) is 17.6 Å². The second kappa shape index (κ2) is 9.06. The van der Waals surface area contributed by atoms with Crippen LogP contribution >= 0.6 is 0 Å². The SMILES string of the molecule is COc1ccc2ncc(-c3ccc(CC(=O)CC(=N)c4coc(C5(C(F)(F)F)CC5)c4)c(F)c3)nc2n1. The van der Waals surface area contributed by atoms with E-state index >= 15 is 0 Å². The van der Waals surface area contributed by atoms with E-state index in [0.717, 1.165) is 6.26 Å². The van der Waals surface area contributed by atoms with E-state index in [0.29, 0.717) is 28.3 Å². The monoisotopic (exact) mass is 512 g/mol. The van der Waals surface area contributed by atoms with E-state index in [-0.39, 0.29) is 48.3 Å². The second-order valence-corrected chi connectivity index (χ2v) is 8.91. The van der Waals surface area contributed by atoms with Crippen LogP contribution in [0.1, 0.15) is 36.1 Å². The highest BCUT2D eigenvalue weighted by Gasteiger charge is 2.66. The van der Waals surface area contributed by atoms with E-state index in [9.17, 15) is 22.4 Å². The summed E-state index contributed by atoms with van der Waals surface area (Å²) in [4.78, 5) is 25.4. The van der Waals surface area contributed by atoms with Gasteiger partial charge < -0.3 is 14.6 Å². The highest BCUT2D eigenvalue weighted by atomic mass is 19.4. The first kappa shape index (κ1) is 24.5. The number of hydrogen-bond acceptors (Lipinski definition) is 7. The molecule has 5 rings (SSSR count). The van der Waals surface area contributed by atoms with Crippen LogP contribution in [-0.4, -0.2) is 39.7 Å². The summed E-state index contributed by atoms with van der Waals surface area (Å²) in [6.07, 6.45) is -2.69. The molecule has 0 saturated heterocycles. The number of methoxy groups -OCH3 is 1. The Hall–Kier alpha value is -4.15. The number of rotatable bonds is 8. The van der Waals surface area contributed by atoms with Crippen LogP contribution < -0.4 is 4.74 Å². The van der Waals surface area contributed by atoms with Gasteiger partial charge in [0.2, 0.25) is 5.88 Å². The van der Waals surface area contributed by atoms with Gasteiger partial charge in [0.25, 0.3) is 0 Å². The average Bonchev–Trinajstić information content (AvgIpc) is 3.55. The van der Waals surface area contributed by atoms with Crippen LogP contribution in [0.2, 0.25) is 0 Å². The zero-order valence-electron chi connectivity index (χ0n) is 19.5. The molecule has 3 aromatic heterocycles. The molecule has 1 N–H and O–H groups in total. The minimum Gasteiger partial charge on any atom is -0.481 e. The summed E-state index contributed by atoms with van der Waals surface area (Å²) in [7, 11) is 1.48. The van der Waals surface area contributed by atoms with Crippen molar-refractivity contribution in [3.05, 3.63) is 71.6 Å². The Kier molecular flexibility index (Phi) is 6.01. The van der Waals surface area contributed by atoms with Gasteiger partial charge in [0.05, 0.1) is 25.3 Å². The van der Waals surface area contributed by atoms with Crippen molar-refractivity contribution in [1.82, 2.24) is 15.0 Å². The number of nitrogens with zero attached hydrogens (tertiary/aromatic N) is 3. The molecule has 190 valence electrons. The zero-order chi connectivity index (χ0) is 26.4. The van der Waals surface area contributed by atoms with Crippen LogP contribution in [0.25, 0.3) is 22.4 Å². The molecular formula is C26H20F4N4O3. The molecule has 1 aromatic carbocycles. The summed E-state index contributed by atoms with van der Waals surface area (Å²) in [5.74, 6) is -0.981. The van der Waals surface area contributed by atoms with Gasteiger partial charge in [0.15, 0.2) is 5.65 Å². The van der Waals surface area contributed by atoms with Gasteiger partial charge in [0, 0.05) is 35.7 Å². The first-order valence-corrected chi connectivity index (χ1v) is 11.3. The predicted molar refractivity (Wildman–Crippen MR) is 125 cm³/mol. The summed E-state index contributed by atoms with van der Waals surface area (Å²) in [5, 5.41) is 8.13. The molecule has 4 aromatic rings. The molecule has 0 spiro atoms. The molecule has 0 unspecified atom stereocenters. The number of carbonyl (C=O) groups is 1. The Morgan fingerprint density at radius 2 is 1.95 bits per heavy atom. The maximum atomic E-state index is 14.8. The van der Waals surface area contributed by atoms with Crippen LogP contribution in [0.5, 0.6) is 5.88 Å². The van der Waals surface area contributed by atoms with Crippen molar-refractivity contribution in [3.8, 4) is 17.1 Å². The number of fused-ring (bicyclic) bond motifs is 1. The van der Waals surface area contributed by atoms with Crippen molar-refractivity contribution in [2.45, 2.75) is 37.3 Å². The number of halogens is 4. The van der Waals surface area contributed by atoms with Gasteiger partial charge in [0.1, 0.15) is 28.3 Å². The van der Waals surface area contributed by atoms with E-state index in [2.05, 4.69) is 15.0 Å². The highest BCUT2D eigenvalue weighted by Crippen LogP contribution is 2.59. The molecule has 0 bridgehead atoms. The van der Waals surface area contributed by atoms with Gasteiger partial charge in [-0.25, -0.2) is 9.37 Å². The Morgan fingerprint density at radius 1 is 1.16 bits per heavy atom. The molecule has 0 atom stereocenters. The number of nitrogens with one attached hydrogen (secondary N) is 1. The van der Waals surface area contributed by atoms with E-state index < -0.39 is 23.2 Å². The number of Topliss-reactive ketones (excluding diaryl/α,β-unsaturated/α-hetero) is 1. The molecule has 0 aliphatic heterocycles. The van der Waals surface area contributed by atoms with Crippen molar-refractivity contribution >= 4 is 22.7 Å². The topological polar surface area (TPSA) is 102 Å². The van der Waals surface area contributed by atoms with Crippen molar-refractivity contribution in [1.29, 1.82) is 5.41 Å². The minimum absolute atomic E-state index is 0.0690. The Labute approximate surface area is 208 Å². The van der Waals surface area contributed by atoms with Crippen LogP contribution in [-0.2, 0) is 16.6 Å². The number of hydrogen-bond donors (Lipinski definition) is 1. The number of benzene rings is 1. The largest absolute Gasteiger partial charge is 0.481 e. The highest BCUT2D eigenvalue weighted by molar-refractivity contribution is 6.09. The molecule has 1 aliphatic rings. The quantitative estimate of drug-likeness (QED) is 0.244. The standard InChI is InChI=1S/C26H20F4N4O3/c1-36-23-5-4-20-24(34-23)33-21(12-32-20)15-3-2-14(18(27)9-15)8-17(35)11-19(31)16-10-22(37-13-16)25(6-7-25)26(28,29)30/h2-5,9-10,12-13,31H,6-8,11H2,1H3. The lowest BCUT2D eigenvalue weighted by Crippen LogP contribution is -2.28. The summed E-state index contributed by atoms with van der Waals surface area (Å²) < 4.78 is 64.9. The van der Waals surface area contributed by atoms with E-state index in [1.54, 1.807) is 18.2 Å². The molecule has 3 heterocycles. The number of ether oxygens (including phenoxy) is 1. The van der Waals surface area contributed by atoms with Gasteiger partial charge in [-0.2, -0.15) is 18.2 Å². The summed E-state index contributed by atoms with van der Waals surface area (Å²) in [6.45, 7) is 0. The Morgan fingerprint density at radius 3 is 2.62 bits per heavy atom. The van der Waals surface area contributed by atoms with Gasteiger partial charge in [-0.15, -0.1) is 0 Å². The number of pyridine rings is 1. The summed E-state index contributed by atoms with van der Waals surface area (Å²) >= 11 is 0. The number of aromatic nitrogens is 3. The number of ketones is 1. The Bertz CT molecular complexity index is 1530. The van der Waals surface area contributed by atoms with Gasteiger partial charge in [-0.1, -0.05) is 12.1 Å². The maximum Gasteiger partial charge on any atom is 0.401 e. The van der Waals surface area contributed by atoms with Crippen molar-refractivity contribution in [2.75, 3.05) is 7.11 Å². The molecular weight excluding hydrogens is 492 g/mol. The molecule has 0 radical (unpaired) electrons. The van der Waals surface area contributed by atoms with E-state index in [1.807, 2.05) is 0 Å². The van der Waals surface area contributed by atoms with Crippen molar-refractivity contribution < 1.29 is 31.5 Å². The van der Waals surface area contributed by atoms with E-state index in [1.165, 1.54) is 31.5 Å². The smallest absolute Gasteiger partial charge is 0.401 e. The first-order valence-electron chi connectivity index (χ1n) is 11.3. The number of carbonyl (C=O) groups excluding carboxylic acids is 1. The fraction of sp³-hybridized carbons (Fsp3) is 0.269. The molecule has 37 heavy (non-hydrogen) atoms.